The molecule has 136 valence electrons. The first-order valence-corrected chi connectivity index (χ1v) is 9.60. The van der Waals surface area contributed by atoms with Gasteiger partial charge in [-0.15, -0.1) is 10.2 Å². The summed E-state index contributed by atoms with van der Waals surface area (Å²) < 4.78 is 0. The van der Waals surface area contributed by atoms with Crippen molar-refractivity contribution in [3.8, 4) is 11.3 Å². The number of hydrogen-bond acceptors (Lipinski definition) is 5. The molecule has 3 aromatic rings. The highest BCUT2D eigenvalue weighted by atomic mass is 15.3. The maximum absolute atomic E-state index is 4.51. The Kier molecular flexibility index (Phi) is 4.30. The molecular formula is C22H23N5. The molecule has 5 nitrogen and oxygen atoms in total. The van der Waals surface area contributed by atoms with E-state index in [0.717, 1.165) is 48.5 Å². The van der Waals surface area contributed by atoms with Crippen LogP contribution >= 0.6 is 0 Å². The molecule has 0 bridgehead atoms. The van der Waals surface area contributed by atoms with Crippen molar-refractivity contribution < 1.29 is 0 Å². The van der Waals surface area contributed by atoms with Crippen LogP contribution in [0.5, 0.6) is 0 Å². The summed E-state index contributed by atoms with van der Waals surface area (Å²) in [6.45, 7) is 5.52. The maximum atomic E-state index is 4.51. The molecule has 0 spiro atoms. The van der Waals surface area contributed by atoms with Crippen molar-refractivity contribution in [1.82, 2.24) is 20.1 Å². The van der Waals surface area contributed by atoms with Crippen molar-refractivity contribution in [2.75, 3.05) is 31.1 Å². The van der Waals surface area contributed by atoms with Crippen LogP contribution in [-0.2, 0) is 6.54 Å². The van der Waals surface area contributed by atoms with Gasteiger partial charge in [0.2, 0.25) is 0 Å². The van der Waals surface area contributed by atoms with Gasteiger partial charge in [0.1, 0.15) is 0 Å². The third-order valence-corrected chi connectivity index (χ3v) is 5.76. The van der Waals surface area contributed by atoms with Crippen molar-refractivity contribution in [1.29, 1.82) is 0 Å². The van der Waals surface area contributed by atoms with Gasteiger partial charge in [0.05, 0.1) is 5.69 Å². The van der Waals surface area contributed by atoms with Crippen molar-refractivity contribution in [3.63, 3.8) is 0 Å². The number of nitrogens with zero attached hydrogens (tertiary/aromatic N) is 5. The topological polar surface area (TPSA) is 45.2 Å². The molecule has 1 aromatic carbocycles. The SMILES string of the molecule is c1ccc(-c2ccc(N3CC4CN(Cc5ccncc5)CC4C3)nn2)cc1. The van der Waals surface area contributed by atoms with Crippen molar-refractivity contribution in [2.24, 2.45) is 11.8 Å². The second kappa shape index (κ2) is 7.08. The highest BCUT2D eigenvalue weighted by Gasteiger charge is 2.40. The van der Waals surface area contributed by atoms with E-state index >= 15 is 0 Å². The van der Waals surface area contributed by atoms with Crippen molar-refractivity contribution in [2.45, 2.75) is 6.54 Å². The molecule has 2 atom stereocenters. The second-order valence-electron chi connectivity index (χ2n) is 7.62. The Labute approximate surface area is 159 Å². The molecule has 4 heterocycles. The van der Waals surface area contributed by atoms with Gasteiger partial charge in [0.25, 0.3) is 0 Å². The zero-order valence-electron chi connectivity index (χ0n) is 15.3. The van der Waals surface area contributed by atoms with Crippen LogP contribution < -0.4 is 4.90 Å². The summed E-state index contributed by atoms with van der Waals surface area (Å²) in [6, 6.07) is 18.7. The summed E-state index contributed by atoms with van der Waals surface area (Å²) in [6.07, 6.45) is 3.76. The summed E-state index contributed by atoms with van der Waals surface area (Å²) in [5.41, 5.74) is 3.40. The highest BCUT2D eigenvalue weighted by Crippen LogP contribution is 2.34. The van der Waals surface area contributed by atoms with Gasteiger partial charge in [-0.1, -0.05) is 30.3 Å². The molecule has 2 aliphatic rings. The number of pyridine rings is 1. The smallest absolute Gasteiger partial charge is 0.151 e. The lowest BCUT2D eigenvalue weighted by Gasteiger charge is -2.22. The van der Waals surface area contributed by atoms with Crippen LogP contribution in [0.2, 0.25) is 0 Å². The standard InChI is InChI=1S/C22H23N5/c1-2-4-18(5-3-1)21-6-7-22(25-24-21)27-15-19-13-26(14-20(19)16-27)12-17-8-10-23-11-9-17/h1-11,19-20H,12-16H2. The predicted molar refractivity (Wildman–Crippen MR) is 106 cm³/mol. The Bertz CT molecular complexity index is 868. The van der Waals surface area contributed by atoms with Crippen LogP contribution in [0.15, 0.2) is 67.0 Å². The molecule has 0 N–H and O–H groups in total. The third-order valence-electron chi connectivity index (χ3n) is 5.76. The van der Waals surface area contributed by atoms with E-state index in [4.69, 9.17) is 0 Å². The first kappa shape index (κ1) is 16.4. The summed E-state index contributed by atoms with van der Waals surface area (Å²) in [4.78, 5) is 9.09. The molecule has 27 heavy (non-hydrogen) atoms. The first-order chi connectivity index (χ1) is 13.3. The van der Waals surface area contributed by atoms with Crippen LogP contribution in [-0.4, -0.2) is 46.3 Å². The number of aromatic nitrogens is 3. The number of likely N-dealkylation sites (tertiary alicyclic amines) is 1. The number of anilines is 1. The van der Waals surface area contributed by atoms with Gasteiger partial charge in [0.15, 0.2) is 5.82 Å². The Hall–Kier alpha value is -2.79. The van der Waals surface area contributed by atoms with E-state index in [1.54, 1.807) is 0 Å². The van der Waals surface area contributed by atoms with Crippen LogP contribution in [0.4, 0.5) is 5.82 Å². The Morgan fingerprint density at radius 2 is 1.52 bits per heavy atom. The summed E-state index contributed by atoms with van der Waals surface area (Å²) in [5, 5.41) is 8.96. The largest absolute Gasteiger partial charge is 0.354 e. The molecule has 0 saturated carbocycles. The monoisotopic (exact) mass is 357 g/mol. The lowest BCUT2D eigenvalue weighted by molar-refractivity contribution is 0.308. The van der Waals surface area contributed by atoms with E-state index in [9.17, 15) is 0 Å². The minimum absolute atomic E-state index is 0.724. The molecule has 0 radical (unpaired) electrons. The molecule has 2 aliphatic heterocycles. The number of fused-ring (bicyclic) bond motifs is 1. The minimum Gasteiger partial charge on any atom is -0.354 e. The first-order valence-electron chi connectivity index (χ1n) is 9.60. The second-order valence-corrected chi connectivity index (χ2v) is 7.62. The fourth-order valence-electron chi connectivity index (χ4n) is 4.41. The Morgan fingerprint density at radius 1 is 0.778 bits per heavy atom. The van der Waals surface area contributed by atoms with E-state index in [2.05, 4.69) is 61.4 Å². The van der Waals surface area contributed by atoms with E-state index in [-0.39, 0.29) is 0 Å². The van der Waals surface area contributed by atoms with E-state index in [1.807, 2.05) is 30.6 Å². The molecule has 0 amide bonds. The highest BCUT2D eigenvalue weighted by molar-refractivity contribution is 5.59. The van der Waals surface area contributed by atoms with Crippen LogP contribution in [0.25, 0.3) is 11.3 Å². The molecule has 2 unspecified atom stereocenters. The number of rotatable bonds is 4. The third kappa shape index (κ3) is 3.43. The van der Waals surface area contributed by atoms with Gasteiger partial charge in [0, 0.05) is 50.7 Å². The molecule has 5 heteroatoms. The summed E-state index contributed by atoms with van der Waals surface area (Å²) in [5.74, 6) is 2.45. The molecule has 2 fully saturated rings. The zero-order chi connectivity index (χ0) is 18.1. The Morgan fingerprint density at radius 3 is 2.19 bits per heavy atom. The number of hydrogen-bond donors (Lipinski definition) is 0. The fraction of sp³-hybridized carbons (Fsp3) is 0.318. The van der Waals surface area contributed by atoms with E-state index in [1.165, 1.54) is 18.7 Å². The van der Waals surface area contributed by atoms with Gasteiger partial charge in [-0.2, -0.15) is 0 Å². The predicted octanol–water partition coefficient (Wildman–Crippen LogP) is 3.11. The normalized spacial score (nSPS) is 22.1. The quantitative estimate of drug-likeness (QED) is 0.718. The molecular weight excluding hydrogens is 334 g/mol. The minimum atomic E-state index is 0.724. The summed E-state index contributed by atoms with van der Waals surface area (Å²) in [7, 11) is 0. The molecule has 0 aliphatic carbocycles. The molecule has 2 aromatic heterocycles. The average molecular weight is 357 g/mol. The van der Waals surface area contributed by atoms with Gasteiger partial charge in [-0.05, 0) is 41.7 Å². The average Bonchev–Trinajstić information content (AvgIpc) is 3.28. The summed E-state index contributed by atoms with van der Waals surface area (Å²) >= 11 is 0. The van der Waals surface area contributed by atoms with Gasteiger partial charge in [-0.25, -0.2) is 0 Å². The molecule has 5 rings (SSSR count). The van der Waals surface area contributed by atoms with Crippen LogP contribution in [0, 0.1) is 11.8 Å². The van der Waals surface area contributed by atoms with Crippen molar-refractivity contribution >= 4 is 5.82 Å². The maximum Gasteiger partial charge on any atom is 0.151 e. The van der Waals surface area contributed by atoms with Crippen LogP contribution in [0.1, 0.15) is 5.56 Å². The van der Waals surface area contributed by atoms with E-state index in [0.29, 0.717) is 0 Å². The Balaban J connectivity index is 1.21. The number of benzene rings is 1. The fourth-order valence-corrected chi connectivity index (χ4v) is 4.41. The van der Waals surface area contributed by atoms with Crippen LogP contribution in [0.3, 0.4) is 0 Å². The lowest BCUT2D eigenvalue weighted by Crippen LogP contribution is -2.29. The molecule has 2 saturated heterocycles. The van der Waals surface area contributed by atoms with Gasteiger partial charge in [-0.3, -0.25) is 9.88 Å². The van der Waals surface area contributed by atoms with Gasteiger partial charge < -0.3 is 4.90 Å². The zero-order valence-corrected chi connectivity index (χ0v) is 15.3. The lowest BCUT2D eigenvalue weighted by atomic mass is 10.0. The van der Waals surface area contributed by atoms with Crippen molar-refractivity contribution in [3.05, 3.63) is 72.6 Å². The van der Waals surface area contributed by atoms with Gasteiger partial charge >= 0.3 is 0 Å². The van der Waals surface area contributed by atoms with E-state index < -0.39 is 0 Å².